The Labute approximate surface area is 152 Å². The predicted octanol–water partition coefficient (Wildman–Crippen LogP) is 2.91. The third kappa shape index (κ3) is 2.47. The van der Waals surface area contributed by atoms with Crippen molar-refractivity contribution < 1.29 is 4.92 Å². The average Bonchev–Trinajstić information content (AvgIpc) is 3.02. The molecule has 0 bridgehead atoms. The fourth-order valence-corrected chi connectivity index (χ4v) is 3.95. The van der Waals surface area contributed by atoms with Crippen molar-refractivity contribution in [3.8, 4) is 0 Å². The van der Waals surface area contributed by atoms with E-state index in [1.165, 1.54) is 0 Å². The minimum absolute atomic E-state index is 0.0293. The summed E-state index contributed by atoms with van der Waals surface area (Å²) >= 11 is 0. The molecule has 0 radical (unpaired) electrons. The van der Waals surface area contributed by atoms with Gasteiger partial charge in [0.1, 0.15) is 12.0 Å². The van der Waals surface area contributed by atoms with E-state index < -0.39 is 0 Å². The Balaban J connectivity index is 1.77. The van der Waals surface area contributed by atoms with E-state index in [0.717, 1.165) is 22.8 Å². The van der Waals surface area contributed by atoms with E-state index in [0.29, 0.717) is 0 Å². The highest BCUT2D eigenvalue weighted by atomic mass is 16.6. The van der Waals surface area contributed by atoms with Crippen molar-refractivity contribution in [2.75, 3.05) is 31.4 Å². The number of hydrogen-bond acceptors (Lipinski definition) is 6. The summed E-state index contributed by atoms with van der Waals surface area (Å²) in [5, 5.41) is 14.5. The predicted molar refractivity (Wildman–Crippen MR) is 103 cm³/mol. The van der Waals surface area contributed by atoms with Crippen LogP contribution in [0, 0.1) is 10.1 Å². The highest BCUT2D eigenvalue weighted by Crippen LogP contribution is 2.42. The minimum Gasteiger partial charge on any atom is -0.366 e. The van der Waals surface area contributed by atoms with Gasteiger partial charge in [0.25, 0.3) is 5.69 Å². The number of anilines is 2. The number of benzene rings is 2. The first-order valence-corrected chi connectivity index (χ1v) is 8.55. The van der Waals surface area contributed by atoms with Gasteiger partial charge in [-0.3, -0.25) is 10.1 Å². The van der Waals surface area contributed by atoms with Crippen molar-refractivity contribution in [1.29, 1.82) is 0 Å². The highest BCUT2D eigenvalue weighted by Gasteiger charge is 2.46. The molecule has 2 aromatic rings. The van der Waals surface area contributed by atoms with Gasteiger partial charge in [0.15, 0.2) is 0 Å². The molecule has 7 heteroatoms. The highest BCUT2D eigenvalue weighted by molar-refractivity contribution is 5.94. The quantitative estimate of drug-likeness (QED) is 0.665. The van der Waals surface area contributed by atoms with Gasteiger partial charge in [-0.2, -0.15) is 0 Å². The maximum atomic E-state index is 11.0. The summed E-state index contributed by atoms with van der Waals surface area (Å²) in [6.45, 7) is 0. The van der Waals surface area contributed by atoms with Gasteiger partial charge in [0.2, 0.25) is 0 Å². The number of nitro benzene ring substituents is 1. The fraction of sp³-hybridized carbons (Fsp3) is 0.316. The molecule has 7 nitrogen and oxygen atoms in total. The van der Waals surface area contributed by atoms with Crippen molar-refractivity contribution in [2.24, 2.45) is 4.99 Å². The molecule has 1 N–H and O–H groups in total. The Bertz CT molecular complexity index is 878. The second-order valence-corrected chi connectivity index (χ2v) is 6.92. The van der Waals surface area contributed by atoms with E-state index in [4.69, 9.17) is 4.99 Å². The van der Waals surface area contributed by atoms with Crippen LogP contribution in [0.15, 0.2) is 53.5 Å². The number of hydrogen-bond donors (Lipinski definition) is 1. The van der Waals surface area contributed by atoms with Gasteiger partial charge in [-0.05, 0) is 17.7 Å². The lowest BCUT2D eigenvalue weighted by atomic mass is 9.88. The number of para-hydroxylation sites is 2. The van der Waals surface area contributed by atoms with Crippen LogP contribution < -0.4 is 10.2 Å². The topological polar surface area (TPSA) is 74.0 Å². The van der Waals surface area contributed by atoms with Gasteiger partial charge in [-0.15, -0.1) is 0 Å². The standard InChI is InChI=1S/C19H21N5O2/c1-22(2)19-16(12-8-10-13(11-9-12)24(25)26)17-18(21-19)20-14-6-4-5-7-15(14)23(17)3/h4-11,16-18,20H,1-3H3. The molecule has 2 aromatic carbocycles. The van der Waals surface area contributed by atoms with Gasteiger partial charge < -0.3 is 15.1 Å². The van der Waals surface area contributed by atoms with Gasteiger partial charge in [-0.25, -0.2) is 4.99 Å². The molecule has 0 saturated carbocycles. The number of nitrogens with zero attached hydrogens (tertiary/aromatic N) is 4. The van der Waals surface area contributed by atoms with Crippen LogP contribution in [0.25, 0.3) is 0 Å². The van der Waals surface area contributed by atoms with Crippen LogP contribution in [0.4, 0.5) is 17.1 Å². The zero-order valence-electron chi connectivity index (χ0n) is 15.0. The number of nitro groups is 1. The van der Waals surface area contributed by atoms with Crippen LogP contribution in [0.5, 0.6) is 0 Å². The number of fused-ring (bicyclic) bond motifs is 2. The van der Waals surface area contributed by atoms with Crippen LogP contribution in [0.2, 0.25) is 0 Å². The molecule has 0 spiro atoms. The summed E-state index contributed by atoms with van der Waals surface area (Å²) in [6, 6.07) is 15.1. The third-order valence-corrected chi connectivity index (χ3v) is 5.17. The van der Waals surface area contributed by atoms with Gasteiger partial charge in [0, 0.05) is 33.3 Å². The molecule has 2 aliphatic rings. The van der Waals surface area contributed by atoms with Crippen LogP contribution in [-0.2, 0) is 0 Å². The maximum Gasteiger partial charge on any atom is 0.269 e. The van der Waals surface area contributed by atoms with Crippen LogP contribution >= 0.6 is 0 Å². The monoisotopic (exact) mass is 351 g/mol. The van der Waals surface area contributed by atoms with Crippen molar-refractivity contribution in [2.45, 2.75) is 18.1 Å². The number of aliphatic imine (C=N–C) groups is 1. The Kier molecular flexibility index (Phi) is 3.79. The number of nitrogens with one attached hydrogen (secondary N) is 1. The summed E-state index contributed by atoms with van der Waals surface area (Å²) in [6.07, 6.45) is -0.0625. The third-order valence-electron chi connectivity index (χ3n) is 5.17. The van der Waals surface area contributed by atoms with E-state index in [9.17, 15) is 10.1 Å². The summed E-state index contributed by atoms with van der Waals surface area (Å²) in [7, 11) is 6.06. The van der Waals surface area contributed by atoms with Crippen molar-refractivity contribution in [3.05, 3.63) is 64.2 Å². The van der Waals surface area contributed by atoms with Gasteiger partial charge >= 0.3 is 0 Å². The van der Waals surface area contributed by atoms with Crippen LogP contribution in [0.1, 0.15) is 11.5 Å². The smallest absolute Gasteiger partial charge is 0.269 e. The Morgan fingerprint density at radius 3 is 2.50 bits per heavy atom. The van der Waals surface area contributed by atoms with E-state index in [1.807, 2.05) is 43.3 Å². The lowest BCUT2D eigenvalue weighted by Crippen LogP contribution is -2.49. The van der Waals surface area contributed by atoms with Crippen LogP contribution in [0.3, 0.4) is 0 Å². The molecule has 0 saturated heterocycles. The van der Waals surface area contributed by atoms with E-state index in [-0.39, 0.29) is 28.7 Å². The first-order valence-electron chi connectivity index (χ1n) is 8.55. The lowest BCUT2D eigenvalue weighted by molar-refractivity contribution is -0.384. The summed E-state index contributed by atoms with van der Waals surface area (Å²) < 4.78 is 0. The average molecular weight is 351 g/mol. The molecule has 0 aliphatic carbocycles. The van der Waals surface area contributed by atoms with E-state index in [1.54, 1.807) is 12.1 Å². The largest absolute Gasteiger partial charge is 0.366 e. The molecule has 3 atom stereocenters. The Hall–Kier alpha value is -3.09. The molecule has 0 aromatic heterocycles. The Morgan fingerprint density at radius 2 is 1.85 bits per heavy atom. The molecular formula is C19H21N5O2. The molecule has 26 heavy (non-hydrogen) atoms. The molecule has 0 fully saturated rings. The second-order valence-electron chi connectivity index (χ2n) is 6.92. The molecule has 134 valence electrons. The summed E-state index contributed by atoms with van der Waals surface area (Å²) in [4.78, 5) is 19.8. The number of amidine groups is 1. The molecule has 2 heterocycles. The van der Waals surface area contributed by atoms with Crippen LogP contribution in [-0.4, -0.2) is 49.0 Å². The van der Waals surface area contributed by atoms with Gasteiger partial charge in [0.05, 0.1) is 28.3 Å². The Morgan fingerprint density at radius 1 is 1.15 bits per heavy atom. The second kappa shape index (κ2) is 6.01. The molecule has 2 aliphatic heterocycles. The number of non-ortho nitro benzene ring substituents is 1. The first kappa shape index (κ1) is 16.4. The normalized spacial score (nSPS) is 23.6. The van der Waals surface area contributed by atoms with Crippen molar-refractivity contribution >= 4 is 22.9 Å². The minimum atomic E-state index is -0.368. The maximum absolute atomic E-state index is 11.0. The van der Waals surface area contributed by atoms with Crippen molar-refractivity contribution in [3.63, 3.8) is 0 Å². The fourth-order valence-electron chi connectivity index (χ4n) is 3.95. The number of rotatable bonds is 2. The van der Waals surface area contributed by atoms with E-state index >= 15 is 0 Å². The SMILES string of the molecule is CN(C)C1=NC2Nc3ccccc3N(C)C2C1c1ccc([N+](=O)[O-])cc1. The summed E-state index contributed by atoms with van der Waals surface area (Å²) in [5.74, 6) is 1.00. The molecular weight excluding hydrogens is 330 g/mol. The zero-order valence-corrected chi connectivity index (χ0v) is 15.0. The zero-order chi connectivity index (χ0) is 18.4. The lowest BCUT2D eigenvalue weighted by Gasteiger charge is -2.41. The van der Waals surface area contributed by atoms with Gasteiger partial charge in [-0.1, -0.05) is 24.3 Å². The van der Waals surface area contributed by atoms with E-state index in [2.05, 4.69) is 29.4 Å². The first-order chi connectivity index (χ1) is 12.5. The van der Waals surface area contributed by atoms with Crippen molar-refractivity contribution in [1.82, 2.24) is 4.90 Å². The molecule has 4 rings (SSSR count). The number of likely N-dealkylation sites (N-methyl/N-ethyl adjacent to an activating group) is 2. The molecule has 0 amide bonds. The summed E-state index contributed by atoms with van der Waals surface area (Å²) in [5.41, 5.74) is 3.34. The molecule has 3 unspecified atom stereocenters.